The number of halogens is 1. The molecule has 0 nitrogen and oxygen atoms in total. The Morgan fingerprint density at radius 1 is 1.06 bits per heavy atom. The maximum atomic E-state index is 14.1. The third kappa shape index (κ3) is 2.03. The normalized spacial score (nSPS) is 17.2. The Morgan fingerprint density at radius 2 is 1.83 bits per heavy atom. The molecule has 1 heteroatoms. The van der Waals surface area contributed by atoms with Crippen LogP contribution in [-0.2, 0) is 0 Å². The van der Waals surface area contributed by atoms with Gasteiger partial charge in [0.1, 0.15) is 5.82 Å². The predicted molar refractivity (Wildman–Crippen MR) is 74.5 cm³/mol. The molecule has 0 N–H and O–H groups in total. The van der Waals surface area contributed by atoms with Crippen molar-refractivity contribution in [3.63, 3.8) is 0 Å². The first-order valence-corrected chi connectivity index (χ1v) is 6.94. The standard InChI is InChI=1S/C17H19F/c1-12-10-14-8-5-9-16(18)17(14)15(11-12)13-6-3-2-4-7-13/h5,8-11,13H,2-4,6-7H2,1H3. The molecular weight excluding hydrogens is 223 g/mol. The van der Waals surface area contributed by atoms with Crippen LogP contribution in [0.3, 0.4) is 0 Å². The molecule has 1 aliphatic carbocycles. The van der Waals surface area contributed by atoms with Crippen molar-refractivity contribution in [1.29, 1.82) is 0 Å². The van der Waals surface area contributed by atoms with E-state index in [1.807, 2.05) is 12.1 Å². The Labute approximate surface area is 108 Å². The molecule has 0 bridgehead atoms. The lowest BCUT2D eigenvalue weighted by molar-refractivity contribution is 0.444. The summed E-state index contributed by atoms with van der Waals surface area (Å²) in [7, 11) is 0. The van der Waals surface area contributed by atoms with Crippen molar-refractivity contribution >= 4 is 10.8 Å². The summed E-state index contributed by atoms with van der Waals surface area (Å²) in [6.07, 6.45) is 6.34. The van der Waals surface area contributed by atoms with Gasteiger partial charge in [-0.3, -0.25) is 0 Å². The molecule has 3 rings (SSSR count). The van der Waals surface area contributed by atoms with Gasteiger partial charge in [0.15, 0.2) is 0 Å². The van der Waals surface area contributed by atoms with E-state index >= 15 is 0 Å². The molecule has 1 aliphatic rings. The monoisotopic (exact) mass is 242 g/mol. The van der Waals surface area contributed by atoms with E-state index in [9.17, 15) is 4.39 Å². The summed E-state index contributed by atoms with van der Waals surface area (Å²) in [5, 5.41) is 1.91. The van der Waals surface area contributed by atoms with Crippen LogP contribution < -0.4 is 0 Å². The van der Waals surface area contributed by atoms with Gasteiger partial charge in [-0.2, -0.15) is 0 Å². The first kappa shape index (κ1) is 11.7. The first-order valence-electron chi connectivity index (χ1n) is 6.94. The number of aryl methyl sites for hydroxylation is 1. The van der Waals surface area contributed by atoms with E-state index in [2.05, 4.69) is 19.1 Å². The molecule has 0 heterocycles. The average molecular weight is 242 g/mol. The van der Waals surface area contributed by atoms with E-state index in [4.69, 9.17) is 0 Å². The van der Waals surface area contributed by atoms with Gasteiger partial charge < -0.3 is 0 Å². The van der Waals surface area contributed by atoms with Gasteiger partial charge in [-0.15, -0.1) is 0 Å². The third-order valence-electron chi connectivity index (χ3n) is 4.15. The molecule has 0 unspecified atom stereocenters. The van der Waals surface area contributed by atoms with Crippen LogP contribution in [0.25, 0.3) is 10.8 Å². The van der Waals surface area contributed by atoms with Gasteiger partial charge in [-0.25, -0.2) is 4.39 Å². The molecule has 2 aromatic rings. The van der Waals surface area contributed by atoms with Gasteiger partial charge in [0.25, 0.3) is 0 Å². The minimum Gasteiger partial charge on any atom is -0.206 e. The molecule has 0 saturated heterocycles. The topological polar surface area (TPSA) is 0 Å². The summed E-state index contributed by atoms with van der Waals surface area (Å²) in [5.74, 6) is 0.492. The van der Waals surface area contributed by atoms with Gasteiger partial charge >= 0.3 is 0 Å². The van der Waals surface area contributed by atoms with E-state index in [1.165, 1.54) is 43.2 Å². The lowest BCUT2D eigenvalue weighted by Gasteiger charge is -2.24. The fourth-order valence-corrected chi connectivity index (χ4v) is 3.31. The van der Waals surface area contributed by atoms with Crippen LogP contribution in [0.15, 0.2) is 30.3 Å². The maximum Gasteiger partial charge on any atom is 0.131 e. The van der Waals surface area contributed by atoms with Crippen molar-refractivity contribution in [3.05, 3.63) is 47.3 Å². The van der Waals surface area contributed by atoms with Crippen molar-refractivity contribution in [2.45, 2.75) is 44.9 Å². The second-order valence-corrected chi connectivity index (χ2v) is 5.53. The molecule has 94 valence electrons. The van der Waals surface area contributed by atoms with E-state index in [0.29, 0.717) is 5.92 Å². The largest absolute Gasteiger partial charge is 0.206 e. The zero-order valence-electron chi connectivity index (χ0n) is 10.9. The molecule has 18 heavy (non-hydrogen) atoms. The zero-order chi connectivity index (χ0) is 12.5. The predicted octanol–water partition coefficient (Wildman–Crippen LogP) is 5.34. The highest BCUT2D eigenvalue weighted by atomic mass is 19.1. The lowest BCUT2D eigenvalue weighted by Crippen LogP contribution is -2.06. The minimum absolute atomic E-state index is 0.0620. The summed E-state index contributed by atoms with van der Waals surface area (Å²) in [6, 6.07) is 9.70. The summed E-state index contributed by atoms with van der Waals surface area (Å²) in [6.45, 7) is 2.11. The van der Waals surface area contributed by atoms with Crippen LogP contribution in [0.2, 0.25) is 0 Å². The quantitative estimate of drug-likeness (QED) is 0.633. The second-order valence-electron chi connectivity index (χ2n) is 5.53. The Hall–Kier alpha value is -1.37. The van der Waals surface area contributed by atoms with E-state index in [0.717, 1.165) is 10.8 Å². The smallest absolute Gasteiger partial charge is 0.131 e. The van der Waals surface area contributed by atoms with Gasteiger partial charge in [0.05, 0.1) is 0 Å². The number of fused-ring (bicyclic) bond motifs is 1. The molecule has 0 aliphatic heterocycles. The molecule has 1 saturated carbocycles. The van der Waals surface area contributed by atoms with Crippen LogP contribution in [0.5, 0.6) is 0 Å². The van der Waals surface area contributed by atoms with Gasteiger partial charge in [-0.1, -0.05) is 49.1 Å². The zero-order valence-corrected chi connectivity index (χ0v) is 10.9. The molecule has 0 amide bonds. The molecule has 0 aromatic heterocycles. The van der Waals surface area contributed by atoms with Crippen LogP contribution >= 0.6 is 0 Å². The first-order chi connectivity index (χ1) is 8.75. The molecular formula is C17H19F. The van der Waals surface area contributed by atoms with Gasteiger partial charge in [-0.05, 0) is 42.7 Å². The van der Waals surface area contributed by atoms with Crippen LogP contribution in [-0.4, -0.2) is 0 Å². The van der Waals surface area contributed by atoms with Crippen molar-refractivity contribution in [2.75, 3.05) is 0 Å². The number of rotatable bonds is 1. The van der Waals surface area contributed by atoms with Crippen LogP contribution in [0.1, 0.15) is 49.1 Å². The summed E-state index contributed by atoms with van der Waals surface area (Å²) < 4.78 is 14.1. The van der Waals surface area contributed by atoms with Crippen molar-refractivity contribution in [3.8, 4) is 0 Å². The number of hydrogen-bond acceptors (Lipinski definition) is 0. The summed E-state index contributed by atoms with van der Waals surface area (Å²) >= 11 is 0. The Balaban J connectivity index is 2.19. The lowest BCUT2D eigenvalue weighted by atomic mass is 9.81. The van der Waals surface area contributed by atoms with Gasteiger partial charge in [0, 0.05) is 5.39 Å². The van der Waals surface area contributed by atoms with Crippen molar-refractivity contribution < 1.29 is 4.39 Å². The maximum absolute atomic E-state index is 14.1. The average Bonchev–Trinajstić information content (AvgIpc) is 2.39. The molecule has 2 aromatic carbocycles. The number of benzene rings is 2. The fraction of sp³-hybridized carbons (Fsp3) is 0.412. The second kappa shape index (κ2) is 4.72. The van der Waals surface area contributed by atoms with Crippen LogP contribution in [0, 0.1) is 12.7 Å². The Morgan fingerprint density at radius 3 is 2.61 bits per heavy atom. The van der Waals surface area contributed by atoms with Crippen molar-refractivity contribution in [1.82, 2.24) is 0 Å². The molecule has 1 fully saturated rings. The van der Waals surface area contributed by atoms with E-state index in [-0.39, 0.29) is 5.82 Å². The third-order valence-corrected chi connectivity index (χ3v) is 4.15. The van der Waals surface area contributed by atoms with Crippen LogP contribution in [0.4, 0.5) is 4.39 Å². The number of hydrogen-bond donors (Lipinski definition) is 0. The Bertz CT molecular complexity index is 565. The van der Waals surface area contributed by atoms with E-state index in [1.54, 1.807) is 6.07 Å². The van der Waals surface area contributed by atoms with Crippen molar-refractivity contribution in [2.24, 2.45) is 0 Å². The summed E-state index contributed by atoms with van der Waals surface area (Å²) in [4.78, 5) is 0. The van der Waals surface area contributed by atoms with Gasteiger partial charge in [0.2, 0.25) is 0 Å². The highest BCUT2D eigenvalue weighted by Crippen LogP contribution is 2.37. The van der Waals surface area contributed by atoms with E-state index < -0.39 is 0 Å². The fourth-order valence-electron chi connectivity index (χ4n) is 3.31. The molecule has 0 atom stereocenters. The Kier molecular flexibility index (Phi) is 3.07. The highest BCUT2D eigenvalue weighted by Gasteiger charge is 2.19. The molecule has 0 spiro atoms. The SMILES string of the molecule is Cc1cc(C2CCCCC2)c2c(F)cccc2c1. The molecule has 0 radical (unpaired) electrons. The summed E-state index contributed by atoms with van der Waals surface area (Å²) in [5.41, 5.74) is 2.48. The highest BCUT2D eigenvalue weighted by molar-refractivity contribution is 5.87. The minimum atomic E-state index is -0.0620.